The van der Waals surface area contributed by atoms with E-state index in [0.717, 1.165) is 21.4 Å². The number of fused-ring (bicyclic) bond motifs is 1. The lowest BCUT2D eigenvalue weighted by molar-refractivity contribution is 0.198. The van der Waals surface area contributed by atoms with Crippen LogP contribution >= 0.6 is 11.8 Å². The van der Waals surface area contributed by atoms with E-state index < -0.39 is 6.10 Å². The van der Waals surface area contributed by atoms with E-state index in [0.29, 0.717) is 0 Å². The van der Waals surface area contributed by atoms with Crippen LogP contribution in [0, 0.1) is 0 Å². The minimum atomic E-state index is -0.500. The van der Waals surface area contributed by atoms with Gasteiger partial charge < -0.3 is 5.11 Å². The molecule has 0 unspecified atom stereocenters. The van der Waals surface area contributed by atoms with Crippen molar-refractivity contribution in [3.63, 3.8) is 0 Å². The van der Waals surface area contributed by atoms with Crippen molar-refractivity contribution in [1.82, 2.24) is 19.6 Å². The molecule has 0 spiro atoms. The van der Waals surface area contributed by atoms with Crippen LogP contribution in [-0.2, 0) is 0 Å². The molecule has 96 valence electrons. The minimum Gasteiger partial charge on any atom is -0.389 e. The van der Waals surface area contributed by atoms with Crippen molar-refractivity contribution < 1.29 is 5.11 Å². The van der Waals surface area contributed by atoms with Crippen molar-refractivity contribution in [3.05, 3.63) is 48.3 Å². The molecular formula is C13H12N4OS. The second kappa shape index (κ2) is 4.99. The molecule has 3 heterocycles. The molecule has 1 atom stereocenters. The van der Waals surface area contributed by atoms with Crippen LogP contribution in [0.15, 0.2) is 52.9 Å². The largest absolute Gasteiger partial charge is 0.389 e. The molecule has 0 aromatic carbocycles. The molecule has 19 heavy (non-hydrogen) atoms. The highest BCUT2D eigenvalue weighted by Gasteiger charge is 2.08. The lowest BCUT2D eigenvalue weighted by Crippen LogP contribution is -1.93. The number of hydrogen-bond acceptors (Lipinski definition) is 5. The topological polar surface area (TPSA) is 63.3 Å². The number of hydrogen-bond donors (Lipinski definition) is 1. The Morgan fingerprint density at radius 3 is 2.84 bits per heavy atom. The fraction of sp³-hybridized carbons (Fsp3) is 0.154. The second-order valence-corrected chi connectivity index (χ2v) is 5.11. The number of aromatic nitrogens is 4. The monoisotopic (exact) mass is 272 g/mol. The predicted octanol–water partition coefficient (Wildman–Crippen LogP) is 2.33. The van der Waals surface area contributed by atoms with Gasteiger partial charge in [0.05, 0.1) is 6.10 Å². The molecule has 5 nitrogen and oxygen atoms in total. The van der Waals surface area contributed by atoms with E-state index in [1.807, 2.05) is 40.9 Å². The second-order valence-electron chi connectivity index (χ2n) is 4.12. The molecular weight excluding hydrogens is 260 g/mol. The molecule has 3 rings (SSSR count). The third-order valence-corrected chi connectivity index (χ3v) is 3.63. The molecule has 0 bridgehead atoms. The summed E-state index contributed by atoms with van der Waals surface area (Å²) < 4.78 is 1.91. The van der Waals surface area contributed by atoms with Crippen LogP contribution in [0.25, 0.3) is 5.65 Å². The van der Waals surface area contributed by atoms with Gasteiger partial charge in [-0.1, -0.05) is 12.1 Å². The maximum atomic E-state index is 9.44. The number of aliphatic hydroxyl groups is 1. The first-order valence-electron chi connectivity index (χ1n) is 5.85. The van der Waals surface area contributed by atoms with Crippen LogP contribution in [0.1, 0.15) is 18.6 Å². The fourth-order valence-electron chi connectivity index (χ4n) is 1.68. The fourth-order valence-corrected chi connectivity index (χ4v) is 2.44. The Labute approximate surface area is 114 Å². The summed E-state index contributed by atoms with van der Waals surface area (Å²) in [5, 5.41) is 19.3. The molecule has 0 fully saturated rings. The van der Waals surface area contributed by atoms with Gasteiger partial charge in [-0.2, -0.15) is 0 Å². The van der Waals surface area contributed by atoms with Gasteiger partial charge in [0.1, 0.15) is 5.03 Å². The highest BCUT2D eigenvalue weighted by Crippen LogP contribution is 2.25. The molecule has 0 saturated heterocycles. The third kappa shape index (κ3) is 2.45. The van der Waals surface area contributed by atoms with Crippen LogP contribution in [0.5, 0.6) is 0 Å². The van der Waals surface area contributed by atoms with E-state index in [9.17, 15) is 5.11 Å². The Morgan fingerprint density at radius 1 is 1.21 bits per heavy atom. The zero-order valence-electron chi connectivity index (χ0n) is 10.3. The van der Waals surface area contributed by atoms with E-state index >= 15 is 0 Å². The number of rotatable bonds is 3. The summed E-state index contributed by atoms with van der Waals surface area (Å²) in [6, 6.07) is 9.50. The molecule has 0 aliphatic carbocycles. The summed E-state index contributed by atoms with van der Waals surface area (Å²) >= 11 is 1.44. The Kier molecular flexibility index (Phi) is 3.18. The molecule has 0 aliphatic heterocycles. The molecule has 6 heteroatoms. The maximum Gasteiger partial charge on any atom is 0.201 e. The van der Waals surface area contributed by atoms with E-state index in [-0.39, 0.29) is 0 Å². The zero-order chi connectivity index (χ0) is 13.2. The van der Waals surface area contributed by atoms with Gasteiger partial charge in [-0.05, 0) is 42.4 Å². The average Bonchev–Trinajstić information content (AvgIpc) is 2.83. The van der Waals surface area contributed by atoms with Gasteiger partial charge >= 0.3 is 0 Å². The molecule has 0 saturated carbocycles. The van der Waals surface area contributed by atoms with Gasteiger partial charge in [0.15, 0.2) is 5.65 Å². The molecule has 0 amide bonds. The van der Waals surface area contributed by atoms with Crippen molar-refractivity contribution in [1.29, 1.82) is 0 Å². The van der Waals surface area contributed by atoms with Crippen molar-refractivity contribution >= 4 is 17.4 Å². The van der Waals surface area contributed by atoms with Gasteiger partial charge in [0, 0.05) is 12.4 Å². The van der Waals surface area contributed by atoms with Crippen LogP contribution in [0.2, 0.25) is 0 Å². The standard InChI is InChI=1S/C13H12N4OS/c1-9(18)10-5-6-12(14-8-10)19-13-16-15-11-4-2-3-7-17(11)13/h2-9,18H,1H3/t9-/m1/s1. The van der Waals surface area contributed by atoms with Crippen molar-refractivity contribution in [2.24, 2.45) is 0 Å². The quantitative estimate of drug-likeness (QED) is 0.792. The molecule has 3 aromatic rings. The Bertz CT molecular complexity index is 693. The highest BCUT2D eigenvalue weighted by molar-refractivity contribution is 7.99. The SMILES string of the molecule is C[C@@H](O)c1ccc(Sc2nnc3ccccn23)nc1. The van der Waals surface area contributed by atoms with Crippen molar-refractivity contribution in [2.75, 3.05) is 0 Å². The van der Waals surface area contributed by atoms with Crippen molar-refractivity contribution in [2.45, 2.75) is 23.2 Å². The van der Waals surface area contributed by atoms with Gasteiger partial charge in [0.25, 0.3) is 0 Å². The first kappa shape index (κ1) is 12.1. The summed E-state index contributed by atoms with van der Waals surface area (Å²) in [6.45, 7) is 1.72. The van der Waals surface area contributed by atoms with E-state index in [4.69, 9.17) is 0 Å². The zero-order valence-corrected chi connectivity index (χ0v) is 11.1. The normalized spacial score (nSPS) is 12.7. The number of nitrogens with zero attached hydrogens (tertiary/aromatic N) is 4. The molecule has 3 aromatic heterocycles. The minimum absolute atomic E-state index is 0.500. The van der Waals surface area contributed by atoms with E-state index in [1.54, 1.807) is 13.1 Å². The summed E-state index contributed by atoms with van der Waals surface area (Å²) in [5.74, 6) is 0. The maximum absolute atomic E-state index is 9.44. The third-order valence-electron chi connectivity index (χ3n) is 2.72. The summed E-state index contributed by atoms with van der Waals surface area (Å²) in [6.07, 6.45) is 3.10. The molecule has 1 N–H and O–H groups in total. The Morgan fingerprint density at radius 2 is 2.11 bits per heavy atom. The number of aliphatic hydroxyl groups excluding tert-OH is 1. The van der Waals surface area contributed by atoms with Gasteiger partial charge in [-0.25, -0.2) is 4.98 Å². The van der Waals surface area contributed by atoms with Gasteiger partial charge in [-0.3, -0.25) is 4.40 Å². The Hall–Kier alpha value is -1.92. The van der Waals surface area contributed by atoms with E-state index in [2.05, 4.69) is 15.2 Å². The average molecular weight is 272 g/mol. The lowest BCUT2D eigenvalue weighted by Gasteiger charge is -2.04. The first-order chi connectivity index (χ1) is 9.24. The first-order valence-corrected chi connectivity index (χ1v) is 6.67. The van der Waals surface area contributed by atoms with Gasteiger partial charge in [0.2, 0.25) is 5.16 Å². The summed E-state index contributed by atoms with van der Waals surface area (Å²) in [7, 11) is 0. The Balaban J connectivity index is 1.88. The van der Waals surface area contributed by atoms with Crippen LogP contribution in [-0.4, -0.2) is 24.7 Å². The lowest BCUT2D eigenvalue weighted by atomic mass is 10.2. The molecule has 0 radical (unpaired) electrons. The van der Waals surface area contributed by atoms with Gasteiger partial charge in [-0.15, -0.1) is 10.2 Å². The van der Waals surface area contributed by atoms with Crippen LogP contribution in [0.3, 0.4) is 0 Å². The summed E-state index contributed by atoms with van der Waals surface area (Å²) in [4.78, 5) is 4.30. The van der Waals surface area contributed by atoms with Crippen LogP contribution < -0.4 is 0 Å². The van der Waals surface area contributed by atoms with Crippen LogP contribution in [0.4, 0.5) is 0 Å². The smallest absolute Gasteiger partial charge is 0.201 e. The molecule has 0 aliphatic rings. The predicted molar refractivity (Wildman–Crippen MR) is 72.0 cm³/mol. The van der Waals surface area contributed by atoms with E-state index in [1.165, 1.54) is 11.8 Å². The highest BCUT2D eigenvalue weighted by atomic mass is 32.2. The number of pyridine rings is 2. The van der Waals surface area contributed by atoms with Crippen molar-refractivity contribution in [3.8, 4) is 0 Å². The summed E-state index contributed by atoms with van der Waals surface area (Å²) in [5.41, 5.74) is 1.61.